The maximum Gasteiger partial charge on any atom is 0.246 e. The van der Waals surface area contributed by atoms with E-state index in [0.717, 1.165) is 28.8 Å². The molecule has 9 nitrogen and oxygen atoms in total. The van der Waals surface area contributed by atoms with Gasteiger partial charge in [-0.15, -0.1) is 11.3 Å². The molecule has 12 heteroatoms. The Morgan fingerprint density at radius 3 is 2.73 bits per heavy atom. The van der Waals surface area contributed by atoms with Crippen molar-refractivity contribution in [2.24, 2.45) is 0 Å². The van der Waals surface area contributed by atoms with E-state index in [9.17, 15) is 14.3 Å². The lowest BCUT2D eigenvalue weighted by Crippen LogP contribution is -2.39. The maximum atomic E-state index is 15.9. The van der Waals surface area contributed by atoms with E-state index in [0.29, 0.717) is 40.4 Å². The molecule has 0 radical (unpaired) electrons. The van der Waals surface area contributed by atoms with E-state index in [-0.39, 0.29) is 35.9 Å². The van der Waals surface area contributed by atoms with Gasteiger partial charge < -0.3 is 14.7 Å². The standard InChI is InChI=1S/C32H32F2N6O3S/c1-6-27(42)38-13-18(4)40-22(15-38)11-25(37-40)31-29(28-24(34)9-21(33)10-26(28)43-16-19(5)41)32-23(7-8-44-32)30(36-31)20-12-35-39(14-20)17(2)3/h6-12,14,17-19,41H,1,13,15-16H2,2-5H3/t18-,19+/m0/s1. The summed E-state index contributed by atoms with van der Waals surface area (Å²) in [4.78, 5) is 19.3. The van der Waals surface area contributed by atoms with Gasteiger partial charge in [-0.05, 0) is 51.3 Å². The lowest BCUT2D eigenvalue weighted by Gasteiger charge is -2.31. The van der Waals surface area contributed by atoms with Gasteiger partial charge in [-0.3, -0.25) is 14.2 Å². The largest absolute Gasteiger partial charge is 0.490 e. The third-order valence-corrected chi connectivity index (χ3v) is 8.49. The summed E-state index contributed by atoms with van der Waals surface area (Å²) in [5.74, 6) is -1.87. The molecule has 0 unspecified atom stereocenters. The molecule has 0 bridgehead atoms. The van der Waals surface area contributed by atoms with Crippen LogP contribution in [0.5, 0.6) is 5.75 Å². The number of aliphatic hydroxyl groups excluding tert-OH is 1. The van der Waals surface area contributed by atoms with Crippen LogP contribution in [0, 0.1) is 11.6 Å². The lowest BCUT2D eigenvalue weighted by atomic mass is 9.97. The fraction of sp³-hybridized carbons (Fsp3) is 0.312. The molecule has 5 heterocycles. The Morgan fingerprint density at radius 1 is 1.23 bits per heavy atom. The Hall–Kier alpha value is -4.42. The molecule has 2 atom stereocenters. The van der Waals surface area contributed by atoms with Gasteiger partial charge in [-0.1, -0.05) is 6.58 Å². The number of rotatable bonds is 8. The minimum absolute atomic E-state index is 0.0221. The summed E-state index contributed by atoms with van der Waals surface area (Å²) in [6, 6.07) is 5.69. The number of fused-ring (bicyclic) bond motifs is 2. The second-order valence-electron chi connectivity index (χ2n) is 11.3. The first kappa shape index (κ1) is 29.6. The van der Waals surface area contributed by atoms with Crippen molar-refractivity contribution in [3.05, 3.63) is 72.0 Å². The maximum absolute atomic E-state index is 15.9. The normalized spacial score (nSPS) is 15.5. The van der Waals surface area contributed by atoms with Crippen molar-refractivity contribution in [2.75, 3.05) is 13.2 Å². The molecule has 0 fully saturated rings. The van der Waals surface area contributed by atoms with Gasteiger partial charge in [-0.2, -0.15) is 10.2 Å². The molecule has 1 aliphatic rings. The SMILES string of the molecule is C=CC(=O)N1Cc2cc(-c3nc(-c4cnn(C(C)C)c4)c4ccsc4c3-c3c(F)cc(F)cc3OC[C@@H](C)O)nn2[C@@H](C)C1. The van der Waals surface area contributed by atoms with Crippen LogP contribution in [-0.2, 0) is 11.3 Å². The monoisotopic (exact) mass is 618 g/mol. The van der Waals surface area contributed by atoms with E-state index in [4.69, 9.17) is 14.8 Å². The summed E-state index contributed by atoms with van der Waals surface area (Å²) in [6.45, 7) is 11.8. The number of carbonyl (C=O) groups is 1. The van der Waals surface area contributed by atoms with Gasteiger partial charge in [-0.25, -0.2) is 13.8 Å². The zero-order valence-corrected chi connectivity index (χ0v) is 25.6. The van der Waals surface area contributed by atoms with Gasteiger partial charge in [0.2, 0.25) is 5.91 Å². The number of ether oxygens (including phenoxy) is 1. The summed E-state index contributed by atoms with van der Waals surface area (Å²) in [7, 11) is 0. The molecule has 0 saturated heterocycles. The van der Waals surface area contributed by atoms with Crippen LogP contribution in [-0.4, -0.2) is 59.7 Å². The molecular weight excluding hydrogens is 586 g/mol. The van der Waals surface area contributed by atoms with Crippen molar-refractivity contribution in [3.8, 4) is 39.5 Å². The van der Waals surface area contributed by atoms with Gasteiger partial charge >= 0.3 is 0 Å². The number of thiophene rings is 1. The third-order valence-electron chi connectivity index (χ3n) is 7.56. The molecule has 0 aliphatic carbocycles. The van der Waals surface area contributed by atoms with Gasteiger partial charge in [0, 0.05) is 52.1 Å². The Kier molecular flexibility index (Phi) is 7.80. The van der Waals surface area contributed by atoms with E-state index in [1.165, 1.54) is 24.3 Å². The number of aromatic nitrogens is 5. The number of benzene rings is 1. The number of amides is 1. The first-order valence-electron chi connectivity index (χ1n) is 14.3. The molecular formula is C32H32F2N6O3S. The Labute approximate surface area is 257 Å². The van der Waals surface area contributed by atoms with E-state index in [1.54, 1.807) is 11.1 Å². The van der Waals surface area contributed by atoms with E-state index in [1.807, 2.05) is 53.8 Å². The van der Waals surface area contributed by atoms with Crippen LogP contribution in [0.25, 0.3) is 43.9 Å². The van der Waals surface area contributed by atoms with Crippen LogP contribution in [0.15, 0.2) is 54.7 Å². The molecule has 0 spiro atoms. The van der Waals surface area contributed by atoms with Crippen molar-refractivity contribution in [2.45, 2.75) is 52.4 Å². The van der Waals surface area contributed by atoms with Gasteiger partial charge in [0.1, 0.15) is 35.4 Å². The van der Waals surface area contributed by atoms with Crippen molar-refractivity contribution in [1.82, 2.24) is 29.4 Å². The number of aliphatic hydroxyl groups is 1. The molecule has 1 aromatic carbocycles. The molecule has 228 valence electrons. The zero-order valence-electron chi connectivity index (χ0n) is 24.8. The molecule has 0 saturated carbocycles. The topological polar surface area (TPSA) is 98.3 Å². The van der Waals surface area contributed by atoms with Crippen LogP contribution in [0.3, 0.4) is 0 Å². The van der Waals surface area contributed by atoms with Crippen LogP contribution in [0.2, 0.25) is 0 Å². The highest BCUT2D eigenvalue weighted by molar-refractivity contribution is 7.18. The third kappa shape index (κ3) is 5.28. The zero-order chi connectivity index (χ0) is 31.3. The lowest BCUT2D eigenvalue weighted by molar-refractivity contribution is -0.127. The minimum Gasteiger partial charge on any atom is -0.490 e. The summed E-state index contributed by atoms with van der Waals surface area (Å²) in [6.07, 6.45) is 4.09. The van der Waals surface area contributed by atoms with Gasteiger partial charge in [0.25, 0.3) is 0 Å². The fourth-order valence-electron chi connectivity index (χ4n) is 5.52. The van der Waals surface area contributed by atoms with Crippen LogP contribution < -0.4 is 4.74 Å². The summed E-state index contributed by atoms with van der Waals surface area (Å²) in [5, 5.41) is 22.0. The average molecular weight is 619 g/mol. The van der Waals surface area contributed by atoms with Gasteiger partial charge in [0.15, 0.2) is 0 Å². The molecule has 1 amide bonds. The molecule has 4 aromatic heterocycles. The number of hydrogen-bond donors (Lipinski definition) is 1. The molecule has 5 aromatic rings. The molecule has 1 aliphatic heterocycles. The highest BCUT2D eigenvalue weighted by atomic mass is 32.1. The van der Waals surface area contributed by atoms with E-state index < -0.39 is 17.7 Å². The Morgan fingerprint density at radius 2 is 2.02 bits per heavy atom. The van der Waals surface area contributed by atoms with Crippen LogP contribution in [0.4, 0.5) is 8.78 Å². The van der Waals surface area contributed by atoms with Crippen molar-refractivity contribution < 1.29 is 23.4 Å². The second-order valence-corrected chi connectivity index (χ2v) is 12.2. The molecule has 1 N–H and O–H groups in total. The quantitative estimate of drug-likeness (QED) is 0.202. The van der Waals surface area contributed by atoms with Crippen molar-refractivity contribution >= 4 is 27.3 Å². The van der Waals surface area contributed by atoms with Crippen LogP contribution >= 0.6 is 11.3 Å². The fourth-order valence-corrected chi connectivity index (χ4v) is 6.47. The number of hydrogen-bond acceptors (Lipinski definition) is 7. The highest BCUT2D eigenvalue weighted by Crippen LogP contribution is 2.47. The number of carbonyl (C=O) groups excluding carboxylic acids is 1. The molecule has 6 rings (SSSR count). The minimum atomic E-state index is -0.865. The Balaban J connectivity index is 1.63. The number of halogens is 2. The summed E-state index contributed by atoms with van der Waals surface area (Å²) in [5.41, 5.74) is 3.46. The molecule has 44 heavy (non-hydrogen) atoms. The predicted octanol–water partition coefficient (Wildman–Crippen LogP) is 6.40. The summed E-state index contributed by atoms with van der Waals surface area (Å²) >= 11 is 1.40. The smallest absolute Gasteiger partial charge is 0.246 e. The van der Waals surface area contributed by atoms with Gasteiger partial charge in [0.05, 0.1) is 41.8 Å². The first-order chi connectivity index (χ1) is 21.0. The Bertz CT molecular complexity index is 1890. The van der Waals surface area contributed by atoms with Crippen LogP contribution in [0.1, 0.15) is 45.5 Å². The number of nitrogens with zero attached hydrogens (tertiary/aromatic N) is 6. The predicted molar refractivity (Wildman–Crippen MR) is 165 cm³/mol. The van der Waals surface area contributed by atoms with Crippen molar-refractivity contribution in [3.63, 3.8) is 0 Å². The number of pyridine rings is 1. The summed E-state index contributed by atoms with van der Waals surface area (Å²) < 4.78 is 40.7. The van der Waals surface area contributed by atoms with E-state index in [2.05, 4.69) is 11.7 Å². The average Bonchev–Trinajstić information content (AvgIpc) is 3.75. The second kappa shape index (κ2) is 11.6. The highest BCUT2D eigenvalue weighted by Gasteiger charge is 2.30. The van der Waals surface area contributed by atoms with Crippen molar-refractivity contribution in [1.29, 1.82) is 0 Å². The first-order valence-corrected chi connectivity index (χ1v) is 15.2. The van der Waals surface area contributed by atoms with E-state index >= 15 is 4.39 Å².